The molecule has 0 radical (unpaired) electrons. The molecule has 0 fully saturated rings. The number of aryl methyl sites for hydroxylation is 1. The predicted octanol–water partition coefficient (Wildman–Crippen LogP) is 3.24. The van der Waals surface area contributed by atoms with Crippen LogP contribution in [-0.4, -0.2) is 11.7 Å². The summed E-state index contributed by atoms with van der Waals surface area (Å²) in [5, 5.41) is 12.8. The standard InChI is InChI=1S/C16H16F3NO/c1-10-3-2-4-11(5-10)16(21)9-20-8-12-6-14(18)15(19)7-13(12)17/h2-7,16,20-21H,8-9H2,1H3. The van der Waals surface area contributed by atoms with Crippen LogP contribution in [0.5, 0.6) is 0 Å². The van der Waals surface area contributed by atoms with Crippen molar-refractivity contribution in [3.63, 3.8) is 0 Å². The molecule has 0 bridgehead atoms. The van der Waals surface area contributed by atoms with Crippen molar-refractivity contribution < 1.29 is 18.3 Å². The zero-order chi connectivity index (χ0) is 15.4. The Hall–Kier alpha value is -1.85. The Morgan fingerprint density at radius 1 is 1.05 bits per heavy atom. The fourth-order valence-corrected chi connectivity index (χ4v) is 2.04. The molecule has 2 N–H and O–H groups in total. The summed E-state index contributed by atoms with van der Waals surface area (Å²) in [7, 11) is 0. The fourth-order valence-electron chi connectivity index (χ4n) is 2.04. The van der Waals surface area contributed by atoms with E-state index in [1.54, 1.807) is 6.07 Å². The van der Waals surface area contributed by atoms with Gasteiger partial charge in [-0.2, -0.15) is 0 Å². The summed E-state index contributed by atoms with van der Waals surface area (Å²) >= 11 is 0. The van der Waals surface area contributed by atoms with Gasteiger partial charge in [0, 0.05) is 24.7 Å². The Bertz CT molecular complexity index is 631. The SMILES string of the molecule is Cc1cccc(C(O)CNCc2cc(F)c(F)cc2F)c1. The van der Waals surface area contributed by atoms with Gasteiger partial charge in [-0.15, -0.1) is 0 Å². The highest BCUT2D eigenvalue weighted by atomic mass is 19.2. The molecule has 1 atom stereocenters. The molecule has 0 heterocycles. The number of nitrogens with one attached hydrogen (secondary N) is 1. The van der Waals surface area contributed by atoms with Gasteiger partial charge in [0.2, 0.25) is 0 Å². The van der Waals surface area contributed by atoms with Crippen molar-refractivity contribution in [1.29, 1.82) is 0 Å². The first-order valence-corrected chi connectivity index (χ1v) is 6.56. The zero-order valence-electron chi connectivity index (χ0n) is 11.5. The maximum Gasteiger partial charge on any atom is 0.161 e. The van der Waals surface area contributed by atoms with Crippen LogP contribution in [0.4, 0.5) is 13.2 Å². The van der Waals surface area contributed by atoms with E-state index >= 15 is 0 Å². The van der Waals surface area contributed by atoms with E-state index in [0.717, 1.165) is 17.2 Å². The minimum Gasteiger partial charge on any atom is -0.387 e. The topological polar surface area (TPSA) is 32.3 Å². The van der Waals surface area contributed by atoms with E-state index in [1.807, 2.05) is 25.1 Å². The lowest BCUT2D eigenvalue weighted by molar-refractivity contribution is 0.174. The van der Waals surface area contributed by atoms with Crippen LogP contribution in [0.15, 0.2) is 36.4 Å². The number of aliphatic hydroxyl groups is 1. The van der Waals surface area contributed by atoms with Gasteiger partial charge in [0.15, 0.2) is 11.6 Å². The Morgan fingerprint density at radius 2 is 1.76 bits per heavy atom. The number of benzene rings is 2. The maximum atomic E-state index is 13.4. The third kappa shape index (κ3) is 4.06. The van der Waals surface area contributed by atoms with Crippen LogP contribution in [0.25, 0.3) is 0 Å². The zero-order valence-corrected chi connectivity index (χ0v) is 11.5. The second kappa shape index (κ2) is 6.74. The third-order valence-corrected chi connectivity index (χ3v) is 3.17. The van der Waals surface area contributed by atoms with Gasteiger partial charge in [-0.05, 0) is 18.6 Å². The van der Waals surface area contributed by atoms with Gasteiger partial charge in [-0.1, -0.05) is 29.8 Å². The fraction of sp³-hybridized carbons (Fsp3) is 0.250. The van der Waals surface area contributed by atoms with Crippen LogP contribution in [0, 0.1) is 24.4 Å². The molecule has 2 rings (SSSR count). The number of rotatable bonds is 5. The van der Waals surface area contributed by atoms with Crippen LogP contribution in [-0.2, 0) is 6.54 Å². The largest absolute Gasteiger partial charge is 0.387 e. The average molecular weight is 295 g/mol. The Labute approximate surface area is 121 Å². The molecular formula is C16H16F3NO. The molecule has 2 aromatic rings. The monoisotopic (exact) mass is 295 g/mol. The highest BCUT2D eigenvalue weighted by molar-refractivity contribution is 5.24. The van der Waals surface area contributed by atoms with Crippen molar-refractivity contribution in [2.45, 2.75) is 19.6 Å². The molecule has 2 aromatic carbocycles. The van der Waals surface area contributed by atoms with Crippen LogP contribution in [0.2, 0.25) is 0 Å². The lowest BCUT2D eigenvalue weighted by Crippen LogP contribution is -2.21. The smallest absolute Gasteiger partial charge is 0.161 e. The van der Waals surface area contributed by atoms with Crippen LogP contribution in [0.3, 0.4) is 0 Å². The minimum atomic E-state index is -1.21. The van der Waals surface area contributed by atoms with Gasteiger partial charge in [0.1, 0.15) is 5.82 Å². The number of hydrogen-bond acceptors (Lipinski definition) is 2. The molecule has 0 aliphatic heterocycles. The summed E-state index contributed by atoms with van der Waals surface area (Å²) < 4.78 is 39.3. The molecule has 1 unspecified atom stereocenters. The molecule has 0 saturated carbocycles. The maximum absolute atomic E-state index is 13.4. The lowest BCUT2D eigenvalue weighted by Gasteiger charge is -2.13. The van der Waals surface area contributed by atoms with Crippen molar-refractivity contribution in [1.82, 2.24) is 5.32 Å². The molecule has 0 spiro atoms. The van der Waals surface area contributed by atoms with E-state index in [0.29, 0.717) is 6.07 Å². The van der Waals surface area contributed by atoms with Crippen molar-refractivity contribution >= 4 is 0 Å². The summed E-state index contributed by atoms with van der Waals surface area (Å²) in [4.78, 5) is 0. The van der Waals surface area contributed by atoms with Gasteiger partial charge in [0.25, 0.3) is 0 Å². The Morgan fingerprint density at radius 3 is 2.48 bits per heavy atom. The Balaban J connectivity index is 1.94. The predicted molar refractivity (Wildman–Crippen MR) is 74.2 cm³/mol. The highest BCUT2D eigenvalue weighted by Gasteiger charge is 2.11. The summed E-state index contributed by atoms with van der Waals surface area (Å²) in [6.45, 7) is 2.11. The van der Waals surface area contributed by atoms with Gasteiger partial charge in [-0.25, -0.2) is 13.2 Å². The summed E-state index contributed by atoms with van der Waals surface area (Å²) in [6.07, 6.45) is -0.752. The summed E-state index contributed by atoms with van der Waals surface area (Å²) in [5.74, 6) is -3.12. The first-order chi connectivity index (χ1) is 9.97. The van der Waals surface area contributed by atoms with Gasteiger partial charge in [-0.3, -0.25) is 0 Å². The van der Waals surface area contributed by atoms with E-state index in [9.17, 15) is 18.3 Å². The summed E-state index contributed by atoms with van der Waals surface area (Å²) in [5.41, 5.74) is 1.79. The molecular weight excluding hydrogens is 279 g/mol. The second-order valence-corrected chi connectivity index (χ2v) is 4.92. The third-order valence-electron chi connectivity index (χ3n) is 3.17. The van der Waals surface area contributed by atoms with E-state index in [-0.39, 0.29) is 18.7 Å². The minimum absolute atomic E-state index is 0.00586. The van der Waals surface area contributed by atoms with E-state index < -0.39 is 23.6 Å². The normalized spacial score (nSPS) is 12.4. The summed E-state index contributed by atoms with van der Waals surface area (Å²) in [6, 6.07) is 8.73. The molecule has 0 aliphatic carbocycles. The molecule has 21 heavy (non-hydrogen) atoms. The van der Waals surface area contributed by atoms with Gasteiger partial charge < -0.3 is 10.4 Å². The number of aliphatic hydroxyl groups excluding tert-OH is 1. The van der Waals surface area contributed by atoms with Crippen LogP contribution >= 0.6 is 0 Å². The van der Waals surface area contributed by atoms with Crippen molar-refractivity contribution in [2.75, 3.05) is 6.54 Å². The highest BCUT2D eigenvalue weighted by Crippen LogP contribution is 2.15. The molecule has 5 heteroatoms. The molecule has 0 aliphatic rings. The Kier molecular flexibility index (Phi) is 4.98. The van der Waals surface area contributed by atoms with E-state index in [4.69, 9.17) is 0 Å². The molecule has 0 aromatic heterocycles. The average Bonchev–Trinajstić information content (AvgIpc) is 2.44. The van der Waals surface area contributed by atoms with Crippen molar-refractivity contribution in [3.8, 4) is 0 Å². The first kappa shape index (κ1) is 15.5. The van der Waals surface area contributed by atoms with Crippen molar-refractivity contribution in [2.24, 2.45) is 0 Å². The molecule has 2 nitrogen and oxygen atoms in total. The number of halogens is 3. The molecule has 112 valence electrons. The van der Waals surface area contributed by atoms with Gasteiger partial charge in [0.05, 0.1) is 6.10 Å². The van der Waals surface area contributed by atoms with Gasteiger partial charge >= 0.3 is 0 Å². The van der Waals surface area contributed by atoms with Crippen LogP contribution in [0.1, 0.15) is 22.8 Å². The molecule has 0 amide bonds. The van der Waals surface area contributed by atoms with E-state index in [1.165, 1.54) is 0 Å². The van der Waals surface area contributed by atoms with E-state index in [2.05, 4.69) is 5.32 Å². The van der Waals surface area contributed by atoms with Crippen LogP contribution < -0.4 is 5.32 Å². The number of hydrogen-bond donors (Lipinski definition) is 2. The lowest BCUT2D eigenvalue weighted by atomic mass is 10.1. The molecule has 0 saturated heterocycles. The first-order valence-electron chi connectivity index (χ1n) is 6.56. The second-order valence-electron chi connectivity index (χ2n) is 4.92. The quantitative estimate of drug-likeness (QED) is 0.830. The van der Waals surface area contributed by atoms with Crippen molar-refractivity contribution in [3.05, 3.63) is 70.5 Å².